The van der Waals surface area contributed by atoms with Crippen LogP contribution < -0.4 is 0 Å². The Kier molecular flexibility index (Phi) is 4.14. The third-order valence-corrected chi connectivity index (χ3v) is 3.28. The van der Waals surface area contributed by atoms with Gasteiger partial charge in [-0.25, -0.2) is 0 Å². The van der Waals surface area contributed by atoms with Gasteiger partial charge in [0, 0.05) is 25.0 Å². The summed E-state index contributed by atoms with van der Waals surface area (Å²) in [7, 11) is 0. The zero-order chi connectivity index (χ0) is 12.1. The van der Waals surface area contributed by atoms with Gasteiger partial charge < -0.3 is 10.0 Å². The molecule has 1 amide bonds. The molecule has 0 radical (unpaired) electrons. The van der Waals surface area contributed by atoms with Crippen molar-refractivity contribution >= 4 is 5.91 Å². The van der Waals surface area contributed by atoms with E-state index in [4.69, 9.17) is 5.11 Å². The summed E-state index contributed by atoms with van der Waals surface area (Å²) in [5.74, 6) is 0.0506. The molecule has 0 aromatic carbocycles. The number of carbonyl (C=O) groups excluding carboxylic acids is 1. The van der Waals surface area contributed by atoms with Crippen molar-refractivity contribution in [2.24, 2.45) is 0 Å². The molecule has 5 heteroatoms. The topological polar surface area (TPSA) is 58.4 Å². The molecule has 1 aliphatic rings. The Bertz CT molecular complexity index is 345. The van der Waals surface area contributed by atoms with Gasteiger partial charge in [-0.05, 0) is 18.9 Å². The standard InChI is InChI=1S/C12H19N3O2/c16-9-8-15(11-4-1-2-5-11)12(17)10-14-7-3-6-13-14/h3,6-7,11,16H,1-2,4-5,8-10H2. The summed E-state index contributed by atoms with van der Waals surface area (Å²) < 4.78 is 1.63. The Morgan fingerprint density at radius 3 is 2.82 bits per heavy atom. The Balaban J connectivity index is 1.97. The highest BCUT2D eigenvalue weighted by atomic mass is 16.3. The summed E-state index contributed by atoms with van der Waals surface area (Å²) in [6.07, 6.45) is 7.93. The normalized spacial score (nSPS) is 16.3. The van der Waals surface area contributed by atoms with Gasteiger partial charge in [0.05, 0.1) is 6.61 Å². The maximum absolute atomic E-state index is 12.1. The van der Waals surface area contributed by atoms with Crippen molar-refractivity contribution in [2.75, 3.05) is 13.2 Å². The van der Waals surface area contributed by atoms with Crippen LogP contribution in [0.2, 0.25) is 0 Å². The third kappa shape index (κ3) is 3.06. The highest BCUT2D eigenvalue weighted by Gasteiger charge is 2.26. The van der Waals surface area contributed by atoms with Gasteiger partial charge in [0.1, 0.15) is 6.54 Å². The van der Waals surface area contributed by atoms with E-state index in [1.54, 1.807) is 23.1 Å². The van der Waals surface area contributed by atoms with Crippen LogP contribution in [0.25, 0.3) is 0 Å². The summed E-state index contributed by atoms with van der Waals surface area (Å²) in [4.78, 5) is 14.0. The van der Waals surface area contributed by atoms with Crippen LogP contribution in [0.3, 0.4) is 0 Å². The molecule has 1 saturated carbocycles. The number of aliphatic hydroxyl groups excluding tert-OH is 1. The van der Waals surface area contributed by atoms with Gasteiger partial charge in [0.25, 0.3) is 0 Å². The van der Waals surface area contributed by atoms with Crippen LogP contribution >= 0.6 is 0 Å². The maximum atomic E-state index is 12.1. The minimum absolute atomic E-state index is 0.0291. The molecule has 2 rings (SSSR count). The van der Waals surface area contributed by atoms with Crippen LogP contribution in [0.4, 0.5) is 0 Å². The van der Waals surface area contributed by atoms with E-state index in [0.717, 1.165) is 12.8 Å². The van der Waals surface area contributed by atoms with Crippen LogP contribution in [0.15, 0.2) is 18.5 Å². The number of hydrogen-bond acceptors (Lipinski definition) is 3. The lowest BCUT2D eigenvalue weighted by molar-refractivity contribution is -0.134. The molecule has 1 heterocycles. The van der Waals surface area contributed by atoms with E-state index in [1.807, 2.05) is 4.90 Å². The fourth-order valence-corrected chi connectivity index (χ4v) is 2.46. The van der Waals surface area contributed by atoms with Crippen molar-refractivity contribution in [3.63, 3.8) is 0 Å². The first-order valence-electron chi connectivity index (χ1n) is 6.19. The zero-order valence-corrected chi connectivity index (χ0v) is 9.96. The van der Waals surface area contributed by atoms with Gasteiger partial charge in [-0.3, -0.25) is 9.48 Å². The molecule has 1 aliphatic carbocycles. The smallest absolute Gasteiger partial charge is 0.244 e. The molecular formula is C12H19N3O2. The van der Waals surface area contributed by atoms with Crippen molar-refractivity contribution in [3.05, 3.63) is 18.5 Å². The summed E-state index contributed by atoms with van der Waals surface area (Å²) in [6, 6.07) is 2.12. The van der Waals surface area contributed by atoms with Crippen molar-refractivity contribution in [1.29, 1.82) is 0 Å². The SMILES string of the molecule is O=C(Cn1cccn1)N(CCO)C1CCCC1. The fraction of sp³-hybridized carbons (Fsp3) is 0.667. The van der Waals surface area contributed by atoms with Gasteiger partial charge in [-0.15, -0.1) is 0 Å². The van der Waals surface area contributed by atoms with Crippen LogP contribution in [-0.2, 0) is 11.3 Å². The lowest BCUT2D eigenvalue weighted by Gasteiger charge is -2.28. The number of hydrogen-bond donors (Lipinski definition) is 1. The quantitative estimate of drug-likeness (QED) is 0.818. The average Bonchev–Trinajstić information content (AvgIpc) is 2.97. The lowest BCUT2D eigenvalue weighted by atomic mass is 10.2. The summed E-state index contributed by atoms with van der Waals surface area (Å²) in [5, 5.41) is 13.1. The van der Waals surface area contributed by atoms with E-state index in [2.05, 4.69) is 5.10 Å². The first-order chi connectivity index (χ1) is 8.31. The second-order valence-corrected chi connectivity index (χ2v) is 4.45. The number of amides is 1. The lowest BCUT2D eigenvalue weighted by Crippen LogP contribution is -2.42. The molecule has 1 aromatic heterocycles. The largest absolute Gasteiger partial charge is 0.395 e. The molecule has 0 aliphatic heterocycles. The molecule has 0 atom stereocenters. The van der Waals surface area contributed by atoms with E-state index < -0.39 is 0 Å². The third-order valence-electron chi connectivity index (χ3n) is 3.28. The highest BCUT2D eigenvalue weighted by Crippen LogP contribution is 2.23. The molecule has 0 bridgehead atoms. The first kappa shape index (κ1) is 12.1. The number of nitrogens with zero attached hydrogens (tertiary/aromatic N) is 3. The predicted octanol–water partition coefficient (Wildman–Crippen LogP) is 0.647. The van der Waals surface area contributed by atoms with E-state index in [0.29, 0.717) is 12.6 Å². The predicted molar refractivity (Wildman–Crippen MR) is 63.3 cm³/mol. The van der Waals surface area contributed by atoms with Crippen molar-refractivity contribution in [3.8, 4) is 0 Å². The molecule has 1 N–H and O–H groups in total. The minimum atomic E-state index is 0.0291. The first-order valence-corrected chi connectivity index (χ1v) is 6.19. The monoisotopic (exact) mass is 237 g/mol. The Hall–Kier alpha value is -1.36. The van der Waals surface area contributed by atoms with Gasteiger partial charge >= 0.3 is 0 Å². The van der Waals surface area contributed by atoms with Gasteiger partial charge in [0.2, 0.25) is 5.91 Å². The molecule has 0 saturated heterocycles. The van der Waals surface area contributed by atoms with Gasteiger partial charge in [-0.2, -0.15) is 5.10 Å². The fourth-order valence-electron chi connectivity index (χ4n) is 2.46. The second kappa shape index (κ2) is 5.82. The van der Waals surface area contributed by atoms with E-state index in [-0.39, 0.29) is 19.1 Å². The average molecular weight is 237 g/mol. The minimum Gasteiger partial charge on any atom is -0.395 e. The Morgan fingerprint density at radius 1 is 1.47 bits per heavy atom. The molecule has 94 valence electrons. The van der Waals surface area contributed by atoms with Crippen molar-refractivity contribution in [1.82, 2.24) is 14.7 Å². The molecule has 0 unspecified atom stereocenters. The summed E-state index contributed by atoms with van der Waals surface area (Å²) in [6.45, 7) is 0.732. The number of aliphatic hydroxyl groups is 1. The van der Waals surface area contributed by atoms with Gasteiger partial charge in [-0.1, -0.05) is 12.8 Å². The molecule has 1 aromatic rings. The van der Waals surface area contributed by atoms with Crippen LogP contribution in [-0.4, -0.2) is 44.9 Å². The van der Waals surface area contributed by atoms with Gasteiger partial charge in [0.15, 0.2) is 0 Å². The van der Waals surface area contributed by atoms with E-state index >= 15 is 0 Å². The molecule has 0 spiro atoms. The van der Waals surface area contributed by atoms with Crippen LogP contribution in [0, 0.1) is 0 Å². The molecule has 1 fully saturated rings. The maximum Gasteiger partial charge on any atom is 0.244 e. The zero-order valence-electron chi connectivity index (χ0n) is 9.96. The Morgan fingerprint density at radius 2 is 2.24 bits per heavy atom. The summed E-state index contributed by atoms with van der Waals surface area (Å²) >= 11 is 0. The molecule has 17 heavy (non-hydrogen) atoms. The highest BCUT2D eigenvalue weighted by molar-refractivity contribution is 5.76. The van der Waals surface area contributed by atoms with Crippen LogP contribution in [0.1, 0.15) is 25.7 Å². The number of aromatic nitrogens is 2. The second-order valence-electron chi connectivity index (χ2n) is 4.45. The van der Waals surface area contributed by atoms with E-state index in [9.17, 15) is 4.79 Å². The number of rotatable bonds is 5. The van der Waals surface area contributed by atoms with Crippen LogP contribution in [0.5, 0.6) is 0 Å². The Labute approximate surface area is 101 Å². The number of carbonyl (C=O) groups is 1. The van der Waals surface area contributed by atoms with Crippen molar-refractivity contribution < 1.29 is 9.90 Å². The van der Waals surface area contributed by atoms with Crippen molar-refractivity contribution in [2.45, 2.75) is 38.3 Å². The summed E-state index contributed by atoms with van der Waals surface area (Å²) in [5.41, 5.74) is 0. The molecule has 5 nitrogen and oxygen atoms in total. The van der Waals surface area contributed by atoms with E-state index in [1.165, 1.54) is 12.8 Å². The molecular weight excluding hydrogens is 218 g/mol.